The molecule has 0 bridgehead atoms. The first-order chi connectivity index (χ1) is 22.6. The Balaban J connectivity index is 1.29. The van der Waals surface area contributed by atoms with Crippen molar-refractivity contribution in [2.24, 2.45) is 17.8 Å². The van der Waals surface area contributed by atoms with Crippen LogP contribution >= 0.6 is 0 Å². The van der Waals surface area contributed by atoms with Crippen LogP contribution in [0.15, 0.2) is 90.1 Å². The molecule has 0 N–H and O–H groups in total. The van der Waals surface area contributed by atoms with Gasteiger partial charge < -0.3 is 9.47 Å². The van der Waals surface area contributed by atoms with E-state index in [4.69, 9.17) is 19.6 Å². The fourth-order valence-electron chi connectivity index (χ4n) is 7.94. The second-order valence-electron chi connectivity index (χ2n) is 13.5. The largest absolute Gasteiger partial charge is 0.497 e. The first-order valence-corrected chi connectivity index (χ1v) is 16.6. The SMILES string of the molecule is COc1ccnc(-n2c3ccccc3c3ccc(Oc4cc(C)cc(-n5nc(C)c(C6C(C)=C(C)[C@H](C)[C@H](C)[C@@H]6C)c5C)c4)cc32)c1. The lowest BCUT2D eigenvalue weighted by atomic mass is 9.64. The molecule has 240 valence electrons. The van der Waals surface area contributed by atoms with E-state index in [0.29, 0.717) is 23.7 Å². The van der Waals surface area contributed by atoms with Gasteiger partial charge in [-0.05, 0) is 94.3 Å². The third kappa shape index (κ3) is 5.11. The number of aromatic nitrogens is 4. The molecule has 0 saturated carbocycles. The van der Waals surface area contributed by atoms with Gasteiger partial charge in [0.15, 0.2) is 0 Å². The molecule has 3 aromatic heterocycles. The second-order valence-corrected chi connectivity index (χ2v) is 13.5. The van der Waals surface area contributed by atoms with Crippen LogP contribution in [0.5, 0.6) is 17.2 Å². The second kappa shape index (κ2) is 11.8. The van der Waals surface area contributed by atoms with Crippen molar-refractivity contribution in [2.75, 3.05) is 7.11 Å². The summed E-state index contributed by atoms with van der Waals surface area (Å²) in [5.41, 5.74) is 10.9. The van der Waals surface area contributed by atoms with Crippen molar-refractivity contribution in [3.8, 4) is 28.8 Å². The molecule has 7 rings (SSSR count). The van der Waals surface area contributed by atoms with Crippen molar-refractivity contribution < 1.29 is 9.47 Å². The summed E-state index contributed by atoms with van der Waals surface area (Å²) in [6.07, 6.45) is 1.78. The summed E-state index contributed by atoms with van der Waals surface area (Å²) in [5.74, 6) is 5.20. The van der Waals surface area contributed by atoms with E-state index in [2.05, 4.69) is 119 Å². The molecule has 6 heteroatoms. The number of allylic oxidation sites excluding steroid dienone is 2. The molecule has 47 heavy (non-hydrogen) atoms. The first kappa shape index (κ1) is 30.8. The molecule has 3 aromatic carbocycles. The highest BCUT2D eigenvalue weighted by molar-refractivity contribution is 6.09. The average molecular weight is 625 g/mol. The highest BCUT2D eigenvalue weighted by Crippen LogP contribution is 2.48. The normalized spacial score (nSPS) is 19.9. The Labute approximate surface area is 277 Å². The molecule has 1 unspecified atom stereocenters. The molecule has 0 saturated heterocycles. The summed E-state index contributed by atoms with van der Waals surface area (Å²) in [5, 5.41) is 7.42. The molecule has 1 aliphatic carbocycles. The number of methoxy groups -OCH3 is 1. The molecule has 0 amide bonds. The molecule has 0 spiro atoms. The molecular formula is C41H44N4O2. The van der Waals surface area contributed by atoms with Gasteiger partial charge in [0.2, 0.25) is 0 Å². The molecule has 4 atom stereocenters. The van der Waals surface area contributed by atoms with Crippen LogP contribution in [0.2, 0.25) is 0 Å². The Morgan fingerprint density at radius 3 is 2.26 bits per heavy atom. The van der Waals surface area contributed by atoms with E-state index in [-0.39, 0.29) is 0 Å². The molecule has 0 fully saturated rings. The van der Waals surface area contributed by atoms with Crippen LogP contribution in [0.4, 0.5) is 0 Å². The average Bonchev–Trinajstić information content (AvgIpc) is 3.55. The number of para-hydroxylation sites is 1. The lowest BCUT2D eigenvalue weighted by Crippen LogP contribution is -2.30. The number of ether oxygens (including phenoxy) is 2. The summed E-state index contributed by atoms with van der Waals surface area (Å²) < 4.78 is 16.4. The fourth-order valence-corrected chi connectivity index (χ4v) is 7.94. The molecule has 0 radical (unpaired) electrons. The van der Waals surface area contributed by atoms with E-state index in [0.717, 1.165) is 61.8 Å². The van der Waals surface area contributed by atoms with Crippen LogP contribution in [0, 0.1) is 38.5 Å². The number of aryl methyl sites for hydroxylation is 2. The number of rotatable bonds is 6. The van der Waals surface area contributed by atoms with Crippen molar-refractivity contribution >= 4 is 21.8 Å². The molecule has 6 nitrogen and oxygen atoms in total. The monoisotopic (exact) mass is 624 g/mol. The zero-order chi connectivity index (χ0) is 33.1. The van der Waals surface area contributed by atoms with Crippen molar-refractivity contribution in [3.63, 3.8) is 0 Å². The van der Waals surface area contributed by atoms with Gasteiger partial charge in [-0.15, -0.1) is 0 Å². The Morgan fingerprint density at radius 1 is 0.702 bits per heavy atom. The van der Waals surface area contributed by atoms with Gasteiger partial charge in [0.1, 0.15) is 23.1 Å². The molecule has 3 heterocycles. The third-order valence-corrected chi connectivity index (χ3v) is 10.9. The minimum Gasteiger partial charge on any atom is -0.497 e. The maximum atomic E-state index is 6.62. The zero-order valence-electron chi connectivity index (χ0n) is 28.9. The summed E-state index contributed by atoms with van der Waals surface area (Å²) in [6.45, 7) is 18.3. The first-order valence-electron chi connectivity index (χ1n) is 16.6. The Bertz CT molecular complexity index is 2190. The van der Waals surface area contributed by atoms with Gasteiger partial charge in [0, 0.05) is 52.3 Å². The molecule has 1 aliphatic rings. The van der Waals surface area contributed by atoms with Crippen LogP contribution < -0.4 is 9.47 Å². The summed E-state index contributed by atoms with van der Waals surface area (Å²) in [7, 11) is 1.68. The summed E-state index contributed by atoms with van der Waals surface area (Å²) >= 11 is 0. The Hall–Kier alpha value is -4.84. The van der Waals surface area contributed by atoms with E-state index in [1.807, 2.05) is 18.2 Å². The van der Waals surface area contributed by atoms with E-state index < -0.39 is 0 Å². The van der Waals surface area contributed by atoms with Crippen molar-refractivity contribution in [1.29, 1.82) is 0 Å². The number of pyridine rings is 1. The maximum Gasteiger partial charge on any atom is 0.141 e. The lowest BCUT2D eigenvalue weighted by molar-refractivity contribution is 0.256. The van der Waals surface area contributed by atoms with Crippen LogP contribution in [-0.4, -0.2) is 26.4 Å². The van der Waals surface area contributed by atoms with Gasteiger partial charge in [-0.1, -0.05) is 50.1 Å². The minimum atomic E-state index is 0.369. The van der Waals surface area contributed by atoms with E-state index in [1.54, 1.807) is 13.3 Å². The lowest BCUT2D eigenvalue weighted by Gasteiger charge is -2.40. The third-order valence-electron chi connectivity index (χ3n) is 10.9. The fraction of sp³-hybridized carbons (Fsp3) is 0.317. The van der Waals surface area contributed by atoms with Crippen LogP contribution in [0.25, 0.3) is 33.3 Å². The van der Waals surface area contributed by atoms with Gasteiger partial charge in [-0.2, -0.15) is 5.10 Å². The van der Waals surface area contributed by atoms with Crippen LogP contribution in [-0.2, 0) is 0 Å². The molecule has 6 aromatic rings. The minimum absolute atomic E-state index is 0.369. The Kier molecular flexibility index (Phi) is 7.70. The highest BCUT2D eigenvalue weighted by Gasteiger charge is 2.38. The van der Waals surface area contributed by atoms with Crippen molar-refractivity contribution in [2.45, 2.75) is 61.3 Å². The zero-order valence-corrected chi connectivity index (χ0v) is 28.9. The number of nitrogens with zero attached hydrogens (tertiary/aromatic N) is 4. The highest BCUT2D eigenvalue weighted by atomic mass is 16.5. The predicted molar refractivity (Wildman–Crippen MR) is 192 cm³/mol. The van der Waals surface area contributed by atoms with Gasteiger partial charge >= 0.3 is 0 Å². The molecule has 0 aliphatic heterocycles. The smallest absolute Gasteiger partial charge is 0.141 e. The summed E-state index contributed by atoms with van der Waals surface area (Å²) in [6, 6.07) is 24.9. The number of fused-ring (bicyclic) bond motifs is 3. The number of benzene rings is 3. The van der Waals surface area contributed by atoms with Gasteiger partial charge in [-0.3, -0.25) is 4.57 Å². The standard InChI is InChI=1S/C41H44N4O2/c1-23-18-31(45-30(8)41(29(7)43-45)40-27(5)25(3)24(2)26(4)28(40)6)20-34(19-23)47-33-14-15-36-35-12-10-11-13-37(35)44(38(36)21-33)39-22-32(46-9)16-17-42-39/h10-22,24-25,27,40H,1-9H3/t24-,25+,27+,40?/m1/s1. The van der Waals surface area contributed by atoms with Gasteiger partial charge in [0.05, 0.1) is 29.5 Å². The predicted octanol–water partition coefficient (Wildman–Crippen LogP) is 10.4. The summed E-state index contributed by atoms with van der Waals surface area (Å²) in [4.78, 5) is 4.70. The van der Waals surface area contributed by atoms with Crippen molar-refractivity contribution in [1.82, 2.24) is 19.3 Å². The van der Waals surface area contributed by atoms with Gasteiger partial charge in [-0.25, -0.2) is 9.67 Å². The Morgan fingerprint density at radius 2 is 1.47 bits per heavy atom. The topological polar surface area (TPSA) is 54.1 Å². The van der Waals surface area contributed by atoms with Crippen LogP contribution in [0.3, 0.4) is 0 Å². The van der Waals surface area contributed by atoms with E-state index >= 15 is 0 Å². The number of hydrogen-bond donors (Lipinski definition) is 0. The number of hydrogen-bond acceptors (Lipinski definition) is 4. The van der Waals surface area contributed by atoms with Crippen molar-refractivity contribution in [3.05, 3.63) is 113 Å². The maximum absolute atomic E-state index is 6.62. The van der Waals surface area contributed by atoms with Gasteiger partial charge in [0.25, 0.3) is 0 Å². The molecular weight excluding hydrogens is 580 g/mol. The van der Waals surface area contributed by atoms with Crippen LogP contribution in [0.1, 0.15) is 63.1 Å². The van der Waals surface area contributed by atoms with E-state index in [9.17, 15) is 0 Å². The quantitative estimate of drug-likeness (QED) is 0.173. The van der Waals surface area contributed by atoms with E-state index in [1.165, 1.54) is 22.4 Å².